The molecule has 1 aliphatic rings. The number of rotatable bonds is 3. The second-order valence-corrected chi connectivity index (χ2v) is 5.17. The number of nitrogen functional groups attached to an aromatic ring is 1. The van der Waals surface area contributed by atoms with Crippen LogP contribution in [0.5, 0.6) is 0 Å². The Morgan fingerprint density at radius 2 is 1.70 bits per heavy atom. The zero-order valence-electron chi connectivity index (χ0n) is 10.9. The average molecular weight is 274 g/mol. The van der Waals surface area contributed by atoms with Crippen LogP contribution in [0.1, 0.15) is 23.1 Å². The Morgan fingerprint density at radius 1 is 1.05 bits per heavy atom. The van der Waals surface area contributed by atoms with E-state index in [1.807, 2.05) is 12.1 Å². The van der Waals surface area contributed by atoms with Crippen molar-refractivity contribution in [2.45, 2.75) is 25.3 Å². The fourth-order valence-electron chi connectivity index (χ4n) is 2.77. The fourth-order valence-corrected chi connectivity index (χ4v) is 2.77. The molecule has 0 aliphatic heterocycles. The molecule has 0 aromatic heterocycles. The van der Waals surface area contributed by atoms with Crippen molar-refractivity contribution in [3.63, 3.8) is 0 Å². The molecule has 0 spiro atoms. The van der Waals surface area contributed by atoms with Crippen LogP contribution < -0.4 is 11.1 Å². The van der Waals surface area contributed by atoms with Gasteiger partial charge in [-0.15, -0.1) is 0 Å². The van der Waals surface area contributed by atoms with Crippen LogP contribution in [0.25, 0.3) is 0 Å². The summed E-state index contributed by atoms with van der Waals surface area (Å²) in [5, 5.41) is 3.23. The molecule has 0 radical (unpaired) electrons. The third-order valence-corrected chi connectivity index (χ3v) is 3.72. The van der Waals surface area contributed by atoms with Crippen LogP contribution in [-0.2, 0) is 12.8 Å². The molecule has 1 aliphatic carbocycles. The van der Waals surface area contributed by atoms with Gasteiger partial charge >= 0.3 is 0 Å². The van der Waals surface area contributed by atoms with Crippen LogP contribution >= 0.6 is 0 Å². The van der Waals surface area contributed by atoms with Crippen molar-refractivity contribution in [2.75, 3.05) is 11.1 Å². The third-order valence-electron chi connectivity index (χ3n) is 3.72. The summed E-state index contributed by atoms with van der Waals surface area (Å²) in [6.45, 7) is 0. The van der Waals surface area contributed by atoms with Crippen molar-refractivity contribution >= 4 is 11.4 Å². The molecule has 104 valence electrons. The topological polar surface area (TPSA) is 38.0 Å². The molecule has 0 saturated heterocycles. The largest absolute Gasteiger partial charge is 0.399 e. The molecule has 0 unspecified atom stereocenters. The summed E-state index contributed by atoms with van der Waals surface area (Å²) in [6.07, 6.45) is -0.795. The first kappa shape index (κ1) is 12.9. The molecule has 0 atom stereocenters. The number of nitrogens with one attached hydrogen (secondary N) is 1. The Balaban J connectivity index is 1.80. The van der Waals surface area contributed by atoms with Crippen molar-refractivity contribution in [1.82, 2.24) is 0 Å². The van der Waals surface area contributed by atoms with Crippen LogP contribution in [0.3, 0.4) is 0 Å². The minimum Gasteiger partial charge on any atom is -0.399 e. The standard InChI is InChI=1S/C16H16F2N2/c17-16(18)14-9-12(19)5-6-15(14)20-13-7-10-3-1-2-4-11(10)8-13/h1-6,9,13,16,20H,7-8,19H2. The Morgan fingerprint density at radius 3 is 2.30 bits per heavy atom. The van der Waals surface area contributed by atoms with Gasteiger partial charge in [-0.05, 0) is 42.2 Å². The van der Waals surface area contributed by atoms with E-state index >= 15 is 0 Å². The summed E-state index contributed by atoms with van der Waals surface area (Å²) in [6, 6.07) is 13.0. The van der Waals surface area contributed by atoms with Gasteiger partial charge in [0.15, 0.2) is 0 Å². The molecular weight excluding hydrogens is 258 g/mol. The van der Waals surface area contributed by atoms with Crippen LogP contribution in [0, 0.1) is 0 Å². The zero-order valence-corrected chi connectivity index (χ0v) is 10.9. The smallest absolute Gasteiger partial charge is 0.265 e. The molecule has 2 aromatic carbocycles. The van der Waals surface area contributed by atoms with Gasteiger partial charge in [-0.3, -0.25) is 0 Å². The predicted octanol–water partition coefficient (Wildman–Crippen LogP) is 3.79. The second-order valence-electron chi connectivity index (χ2n) is 5.17. The summed E-state index contributed by atoms with van der Waals surface area (Å²) >= 11 is 0. The molecule has 3 rings (SSSR count). The lowest BCUT2D eigenvalue weighted by atomic mass is 10.1. The van der Waals surface area contributed by atoms with Crippen LogP contribution in [-0.4, -0.2) is 6.04 Å². The number of halogens is 2. The van der Waals surface area contributed by atoms with Gasteiger partial charge < -0.3 is 11.1 Å². The normalized spacial score (nSPS) is 14.6. The van der Waals surface area contributed by atoms with E-state index in [1.54, 1.807) is 12.1 Å². The van der Waals surface area contributed by atoms with E-state index in [4.69, 9.17) is 5.73 Å². The Bertz CT molecular complexity index is 601. The molecule has 3 N–H and O–H groups in total. The summed E-state index contributed by atoms with van der Waals surface area (Å²) in [5.74, 6) is 0. The summed E-state index contributed by atoms with van der Waals surface area (Å²) < 4.78 is 26.1. The van der Waals surface area contributed by atoms with Crippen molar-refractivity contribution in [2.24, 2.45) is 0 Å². The van der Waals surface area contributed by atoms with E-state index in [0.29, 0.717) is 11.4 Å². The summed E-state index contributed by atoms with van der Waals surface area (Å²) in [7, 11) is 0. The number of nitrogens with two attached hydrogens (primary N) is 1. The maximum atomic E-state index is 13.0. The van der Waals surface area contributed by atoms with Crippen LogP contribution in [0.4, 0.5) is 20.2 Å². The quantitative estimate of drug-likeness (QED) is 0.836. The molecule has 0 fully saturated rings. The monoisotopic (exact) mass is 274 g/mol. The lowest BCUT2D eigenvalue weighted by molar-refractivity contribution is 0.152. The van der Waals surface area contributed by atoms with E-state index in [9.17, 15) is 8.78 Å². The highest BCUT2D eigenvalue weighted by Crippen LogP contribution is 2.31. The number of fused-ring (bicyclic) bond motifs is 1. The van der Waals surface area contributed by atoms with Gasteiger partial charge in [-0.25, -0.2) is 8.78 Å². The van der Waals surface area contributed by atoms with Gasteiger partial charge in [0, 0.05) is 23.0 Å². The average Bonchev–Trinajstić information content (AvgIpc) is 2.82. The summed E-state index contributed by atoms with van der Waals surface area (Å²) in [5.41, 5.74) is 8.98. The predicted molar refractivity (Wildman–Crippen MR) is 77.1 cm³/mol. The van der Waals surface area contributed by atoms with Gasteiger partial charge in [-0.1, -0.05) is 24.3 Å². The number of anilines is 2. The lowest BCUT2D eigenvalue weighted by Crippen LogP contribution is -2.20. The Kier molecular flexibility index (Phi) is 3.30. The summed E-state index contributed by atoms with van der Waals surface area (Å²) in [4.78, 5) is 0. The van der Waals surface area contributed by atoms with Crippen molar-refractivity contribution in [3.8, 4) is 0 Å². The van der Waals surface area contributed by atoms with Gasteiger partial charge in [0.25, 0.3) is 6.43 Å². The van der Waals surface area contributed by atoms with Crippen molar-refractivity contribution < 1.29 is 8.78 Å². The molecule has 2 nitrogen and oxygen atoms in total. The SMILES string of the molecule is Nc1ccc(NC2Cc3ccccc3C2)c(C(F)F)c1. The molecular formula is C16H16F2N2. The Labute approximate surface area is 116 Å². The van der Waals surface area contributed by atoms with Gasteiger partial charge in [-0.2, -0.15) is 0 Å². The number of benzene rings is 2. The molecule has 0 heterocycles. The van der Waals surface area contributed by atoms with Gasteiger partial charge in [0.05, 0.1) is 0 Å². The van der Waals surface area contributed by atoms with E-state index in [1.165, 1.54) is 17.2 Å². The highest BCUT2D eigenvalue weighted by Gasteiger charge is 2.22. The van der Waals surface area contributed by atoms with E-state index in [2.05, 4.69) is 17.4 Å². The first-order valence-electron chi connectivity index (χ1n) is 6.64. The van der Waals surface area contributed by atoms with Crippen molar-refractivity contribution in [3.05, 3.63) is 59.2 Å². The van der Waals surface area contributed by atoms with Gasteiger partial charge in [0.2, 0.25) is 0 Å². The maximum absolute atomic E-state index is 13.0. The minimum atomic E-state index is -2.52. The number of hydrogen-bond acceptors (Lipinski definition) is 2. The first-order chi connectivity index (χ1) is 9.63. The number of alkyl halides is 2. The first-order valence-corrected chi connectivity index (χ1v) is 6.64. The molecule has 0 bridgehead atoms. The molecule has 0 saturated carbocycles. The van der Waals surface area contributed by atoms with E-state index in [0.717, 1.165) is 12.8 Å². The molecule has 20 heavy (non-hydrogen) atoms. The van der Waals surface area contributed by atoms with Crippen molar-refractivity contribution in [1.29, 1.82) is 0 Å². The van der Waals surface area contributed by atoms with Crippen LogP contribution in [0.15, 0.2) is 42.5 Å². The van der Waals surface area contributed by atoms with E-state index in [-0.39, 0.29) is 11.6 Å². The van der Waals surface area contributed by atoms with Gasteiger partial charge in [0.1, 0.15) is 0 Å². The third kappa shape index (κ3) is 2.46. The zero-order chi connectivity index (χ0) is 14.1. The highest BCUT2D eigenvalue weighted by molar-refractivity contribution is 5.59. The minimum absolute atomic E-state index is 0.0269. The molecule has 4 heteroatoms. The molecule has 2 aromatic rings. The molecule has 0 amide bonds. The number of hydrogen-bond donors (Lipinski definition) is 2. The fraction of sp³-hybridized carbons (Fsp3) is 0.250. The second kappa shape index (κ2) is 5.12. The Hall–Kier alpha value is -2.10. The van der Waals surface area contributed by atoms with Crippen LogP contribution in [0.2, 0.25) is 0 Å². The highest BCUT2D eigenvalue weighted by atomic mass is 19.3. The maximum Gasteiger partial charge on any atom is 0.265 e. The van der Waals surface area contributed by atoms with E-state index < -0.39 is 6.43 Å². The lowest BCUT2D eigenvalue weighted by Gasteiger charge is -2.17.